The second-order valence-electron chi connectivity index (χ2n) is 4.37. The minimum atomic E-state index is -0.774. The lowest BCUT2D eigenvalue weighted by Crippen LogP contribution is -2.60. The maximum absolute atomic E-state index is 11.2. The molecule has 1 amide bonds. The standard InChI is InChI=1S/C10H14N4O5/c1-4(15)12-8-7(13-14-11)9(18-5(2)16)6-3-17-10(8)19-6/h6-10H,3H2,1-2H3,(H,12,15)/t6-,7+,8+,9+,10-/m1/s1. The van der Waals surface area contributed by atoms with E-state index in [1.165, 1.54) is 13.8 Å². The van der Waals surface area contributed by atoms with Crippen molar-refractivity contribution < 1.29 is 23.8 Å². The molecule has 0 aromatic rings. The average Bonchev–Trinajstić information content (AvgIpc) is 2.74. The predicted octanol–water partition coefficient (Wildman–Crippen LogP) is -0.143. The van der Waals surface area contributed by atoms with E-state index in [9.17, 15) is 9.59 Å². The Bertz CT molecular complexity index is 406. The molecule has 0 saturated carbocycles. The third-order valence-corrected chi connectivity index (χ3v) is 2.95. The molecule has 0 aromatic heterocycles. The van der Waals surface area contributed by atoms with Crippen LogP contribution in [0.1, 0.15) is 13.8 Å². The van der Waals surface area contributed by atoms with Gasteiger partial charge in [0.15, 0.2) is 6.29 Å². The van der Waals surface area contributed by atoms with Crippen LogP contribution in [0.25, 0.3) is 10.4 Å². The molecule has 19 heavy (non-hydrogen) atoms. The van der Waals surface area contributed by atoms with Gasteiger partial charge in [-0.3, -0.25) is 9.59 Å². The second-order valence-corrected chi connectivity index (χ2v) is 4.37. The summed E-state index contributed by atoms with van der Waals surface area (Å²) in [6, 6.07) is -1.44. The molecule has 5 atom stereocenters. The number of hydrogen-bond donors (Lipinski definition) is 1. The van der Waals surface area contributed by atoms with E-state index in [0.29, 0.717) is 0 Å². The lowest BCUT2D eigenvalue weighted by atomic mass is 9.96. The predicted molar refractivity (Wildman–Crippen MR) is 60.7 cm³/mol. The molecule has 9 heteroatoms. The van der Waals surface area contributed by atoms with Crippen LogP contribution in [0.5, 0.6) is 0 Å². The molecule has 2 aliphatic heterocycles. The number of esters is 1. The minimum Gasteiger partial charge on any atom is -0.459 e. The molecular formula is C10H14N4O5. The third-order valence-electron chi connectivity index (χ3n) is 2.95. The van der Waals surface area contributed by atoms with Gasteiger partial charge < -0.3 is 19.5 Å². The van der Waals surface area contributed by atoms with Gasteiger partial charge in [-0.25, -0.2) is 0 Å². The summed E-state index contributed by atoms with van der Waals surface area (Å²) < 4.78 is 16.0. The highest BCUT2D eigenvalue weighted by Gasteiger charge is 2.52. The average molecular weight is 270 g/mol. The van der Waals surface area contributed by atoms with E-state index < -0.39 is 36.6 Å². The first-order chi connectivity index (χ1) is 9.02. The summed E-state index contributed by atoms with van der Waals surface area (Å²) in [5.41, 5.74) is 8.64. The number of fused-ring (bicyclic) bond motifs is 2. The van der Waals surface area contributed by atoms with Gasteiger partial charge in [0, 0.05) is 18.8 Å². The molecule has 0 radical (unpaired) electrons. The number of hydrogen-bond acceptors (Lipinski definition) is 6. The Labute approximate surface area is 108 Å². The highest BCUT2D eigenvalue weighted by atomic mass is 16.7. The first-order valence-electron chi connectivity index (χ1n) is 5.78. The van der Waals surface area contributed by atoms with Crippen LogP contribution in [0.4, 0.5) is 0 Å². The molecule has 2 saturated heterocycles. The lowest BCUT2D eigenvalue weighted by molar-refractivity contribution is -0.177. The quantitative estimate of drug-likeness (QED) is 0.331. The molecule has 1 N–H and O–H groups in total. The molecule has 104 valence electrons. The Morgan fingerprint density at radius 2 is 2.21 bits per heavy atom. The fourth-order valence-corrected chi connectivity index (χ4v) is 2.31. The Hall–Kier alpha value is -1.83. The van der Waals surface area contributed by atoms with Crippen molar-refractivity contribution >= 4 is 11.9 Å². The van der Waals surface area contributed by atoms with Gasteiger partial charge in [0.2, 0.25) is 5.91 Å². The van der Waals surface area contributed by atoms with E-state index >= 15 is 0 Å². The zero-order valence-electron chi connectivity index (χ0n) is 10.5. The molecular weight excluding hydrogens is 256 g/mol. The van der Waals surface area contributed by atoms with Gasteiger partial charge in [0.05, 0.1) is 12.6 Å². The summed E-state index contributed by atoms with van der Waals surface area (Å²) in [6.07, 6.45) is -1.96. The topological polar surface area (TPSA) is 123 Å². The molecule has 2 heterocycles. The van der Waals surface area contributed by atoms with Crippen molar-refractivity contribution in [1.29, 1.82) is 0 Å². The van der Waals surface area contributed by atoms with E-state index in [0.717, 1.165) is 0 Å². The molecule has 9 nitrogen and oxygen atoms in total. The van der Waals surface area contributed by atoms with Crippen LogP contribution >= 0.6 is 0 Å². The molecule has 2 fully saturated rings. The Kier molecular flexibility index (Phi) is 3.89. The van der Waals surface area contributed by atoms with Crippen LogP contribution in [0, 0.1) is 0 Å². The van der Waals surface area contributed by atoms with Gasteiger partial charge in [-0.15, -0.1) is 0 Å². The van der Waals surface area contributed by atoms with Crippen molar-refractivity contribution in [2.75, 3.05) is 6.61 Å². The Balaban J connectivity index is 2.27. The van der Waals surface area contributed by atoms with Crippen LogP contribution < -0.4 is 5.32 Å². The SMILES string of the molecule is CC(=O)N[C@@H]1[C@@H]2OC[C@@H](O2)[C@H](OC(C)=O)[C@H]1N=[N+]=[N-]. The van der Waals surface area contributed by atoms with E-state index in [1.54, 1.807) is 0 Å². The van der Waals surface area contributed by atoms with Gasteiger partial charge in [-0.2, -0.15) is 0 Å². The molecule has 0 spiro atoms. The number of rotatable bonds is 3. The number of ether oxygens (including phenoxy) is 3. The van der Waals surface area contributed by atoms with Crippen LogP contribution in [0.2, 0.25) is 0 Å². The number of carbonyl (C=O) groups excluding carboxylic acids is 2. The van der Waals surface area contributed by atoms with E-state index in [4.69, 9.17) is 19.7 Å². The van der Waals surface area contributed by atoms with Crippen molar-refractivity contribution in [3.63, 3.8) is 0 Å². The molecule has 2 rings (SSSR count). The van der Waals surface area contributed by atoms with Crippen molar-refractivity contribution in [2.24, 2.45) is 5.11 Å². The highest BCUT2D eigenvalue weighted by Crippen LogP contribution is 2.32. The molecule has 0 unspecified atom stereocenters. The second kappa shape index (κ2) is 5.43. The fraction of sp³-hybridized carbons (Fsp3) is 0.800. The first-order valence-corrected chi connectivity index (χ1v) is 5.78. The van der Waals surface area contributed by atoms with E-state index in [2.05, 4.69) is 15.3 Å². The van der Waals surface area contributed by atoms with E-state index in [1.807, 2.05) is 0 Å². The van der Waals surface area contributed by atoms with Crippen molar-refractivity contribution in [3.05, 3.63) is 10.4 Å². The summed E-state index contributed by atoms with van der Waals surface area (Å²) in [7, 11) is 0. The summed E-state index contributed by atoms with van der Waals surface area (Å²) in [5, 5.41) is 6.22. The van der Waals surface area contributed by atoms with Crippen LogP contribution in [0.15, 0.2) is 5.11 Å². The number of nitrogens with one attached hydrogen (secondary N) is 1. The first kappa shape index (κ1) is 13.6. The number of carbonyl (C=O) groups is 2. The largest absolute Gasteiger partial charge is 0.459 e. The van der Waals surface area contributed by atoms with Crippen molar-refractivity contribution in [3.8, 4) is 0 Å². The van der Waals surface area contributed by atoms with Gasteiger partial charge in [0.1, 0.15) is 18.2 Å². The zero-order chi connectivity index (χ0) is 14.0. The van der Waals surface area contributed by atoms with Gasteiger partial charge in [-0.1, -0.05) is 5.11 Å². The summed E-state index contributed by atoms with van der Waals surface area (Å²) in [6.45, 7) is 2.80. The van der Waals surface area contributed by atoms with Gasteiger partial charge >= 0.3 is 5.97 Å². The smallest absolute Gasteiger partial charge is 0.303 e. The van der Waals surface area contributed by atoms with E-state index in [-0.39, 0.29) is 12.5 Å². The fourth-order valence-electron chi connectivity index (χ4n) is 2.31. The van der Waals surface area contributed by atoms with Crippen molar-refractivity contribution in [1.82, 2.24) is 5.32 Å². The Morgan fingerprint density at radius 3 is 2.79 bits per heavy atom. The summed E-state index contributed by atoms with van der Waals surface area (Å²) in [5.74, 6) is -0.832. The minimum absolute atomic E-state index is 0.218. The number of azide groups is 1. The Morgan fingerprint density at radius 1 is 1.47 bits per heavy atom. The van der Waals surface area contributed by atoms with Crippen molar-refractivity contribution in [2.45, 2.75) is 44.4 Å². The molecule has 2 bridgehead atoms. The van der Waals surface area contributed by atoms with Crippen LogP contribution in [0.3, 0.4) is 0 Å². The maximum Gasteiger partial charge on any atom is 0.303 e. The molecule has 0 aromatic carbocycles. The van der Waals surface area contributed by atoms with Gasteiger partial charge in [0.25, 0.3) is 0 Å². The normalized spacial score (nSPS) is 36.2. The highest BCUT2D eigenvalue weighted by molar-refractivity contribution is 5.73. The molecule has 2 aliphatic rings. The number of amides is 1. The van der Waals surface area contributed by atoms with Crippen LogP contribution in [-0.2, 0) is 23.8 Å². The molecule has 0 aliphatic carbocycles. The van der Waals surface area contributed by atoms with Gasteiger partial charge in [-0.05, 0) is 5.53 Å². The van der Waals surface area contributed by atoms with Crippen LogP contribution in [-0.4, -0.2) is 49.1 Å². The third kappa shape index (κ3) is 2.78. The summed E-state index contributed by atoms with van der Waals surface area (Å²) >= 11 is 0. The lowest BCUT2D eigenvalue weighted by Gasteiger charge is -2.38. The number of nitrogens with zero attached hydrogens (tertiary/aromatic N) is 3. The summed E-state index contributed by atoms with van der Waals surface area (Å²) in [4.78, 5) is 25.1. The maximum atomic E-state index is 11.2. The zero-order valence-corrected chi connectivity index (χ0v) is 10.5. The monoisotopic (exact) mass is 270 g/mol.